The average Bonchev–Trinajstić information content (AvgIpc) is 3.08. The van der Waals surface area contributed by atoms with E-state index in [-0.39, 0.29) is 15.8 Å². The average molecular weight is 371 g/mol. The molecule has 0 aromatic carbocycles. The lowest BCUT2D eigenvalue weighted by molar-refractivity contribution is 0.543. The van der Waals surface area contributed by atoms with Gasteiger partial charge in [0.2, 0.25) is 0 Å². The summed E-state index contributed by atoms with van der Waals surface area (Å²) in [6.07, 6.45) is 9.35. The highest BCUT2D eigenvalue weighted by Crippen LogP contribution is 2.65. The molecule has 0 saturated carbocycles. The lowest BCUT2D eigenvalue weighted by Gasteiger charge is -2.35. The molecule has 0 radical (unpaired) electrons. The molecule has 0 bridgehead atoms. The molecule has 142 valence electrons. The number of hydrogen-bond donors (Lipinski definition) is 0. The summed E-state index contributed by atoms with van der Waals surface area (Å²) in [5, 5.41) is 0. The molecule has 24 heavy (non-hydrogen) atoms. The number of rotatable bonds is 7. The van der Waals surface area contributed by atoms with Gasteiger partial charge in [0, 0.05) is 0 Å². The minimum absolute atomic E-state index is 0.273. The van der Waals surface area contributed by atoms with E-state index in [0.717, 1.165) is 46.3 Å². The zero-order valence-electron chi connectivity index (χ0n) is 17.8. The predicted octanol–water partition coefficient (Wildman–Crippen LogP) is 7.64. The van der Waals surface area contributed by atoms with Gasteiger partial charge in [-0.05, 0) is 84.3 Å². The largest absolute Gasteiger partial charge is 0.0995 e. The zero-order chi connectivity index (χ0) is 18.0. The molecule has 2 heterocycles. The molecule has 4 atom stereocenters. The van der Waals surface area contributed by atoms with Gasteiger partial charge in [-0.2, -0.15) is 0 Å². The fourth-order valence-electron chi connectivity index (χ4n) is 5.60. The van der Waals surface area contributed by atoms with Crippen LogP contribution in [0, 0.1) is 23.7 Å². The molecule has 2 rings (SSSR count). The van der Waals surface area contributed by atoms with Crippen molar-refractivity contribution in [2.75, 3.05) is 12.3 Å². The first-order chi connectivity index (χ1) is 11.2. The molecular weight excluding hydrogens is 326 g/mol. The highest BCUT2D eigenvalue weighted by Gasteiger charge is 2.42. The summed E-state index contributed by atoms with van der Waals surface area (Å²) >= 11 is 0. The van der Waals surface area contributed by atoms with E-state index in [1.165, 1.54) is 25.7 Å². The second kappa shape index (κ2) is 9.18. The fourth-order valence-corrected chi connectivity index (χ4v) is 14.7. The molecule has 0 aromatic rings. The van der Waals surface area contributed by atoms with Gasteiger partial charge in [-0.15, -0.1) is 0 Å². The van der Waals surface area contributed by atoms with Crippen molar-refractivity contribution in [3.05, 3.63) is 0 Å². The van der Waals surface area contributed by atoms with Crippen molar-refractivity contribution in [3.8, 4) is 0 Å². The first kappa shape index (κ1) is 21.2. The Morgan fingerprint density at radius 2 is 0.708 bits per heavy atom. The van der Waals surface area contributed by atoms with Crippen LogP contribution in [0.5, 0.6) is 0 Å². The molecular formula is C22H44P2. The van der Waals surface area contributed by atoms with Crippen LogP contribution in [0.15, 0.2) is 0 Å². The van der Waals surface area contributed by atoms with Crippen molar-refractivity contribution < 1.29 is 0 Å². The highest BCUT2D eigenvalue weighted by molar-refractivity contribution is 7.63. The molecule has 2 aliphatic heterocycles. The van der Waals surface area contributed by atoms with Gasteiger partial charge < -0.3 is 0 Å². The lowest BCUT2D eigenvalue weighted by Crippen LogP contribution is -2.21. The molecule has 0 unspecified atom stereocenters. The molecule has 2 heteroatoms. The van der Waals surface area contributed by atoms with Crippen molar-refractivity contribution in [1.29, 1.82) is 0 Å². The third kappa shape index (κ3) is 4.77. The summed E-state index contributed by atoms with van der Waals surface area (Å²) in [5.41, 5.74) is 4.28. The lowest BCUT2D eigenvalue weighted by atomic mass is 10.0. The number of hydrogen-bond acceptors (Lipinski definition) is 0. The minimum atomic E-state index is 0.273. The van der Waals surface area contributed by atoms with E-state index >= 15 is 0 Å². The van der Waals surface area contributed by atoms with Gasteiger partial charge in [0.1, 0.15) is 0 Å². The van der Waals surface area contributed by atoms with E-state index in [1.54, 1.807) is 12.3 Å². The van der Waals surface area contributed by atoms with E-state index in [1.807, 2.05) is 0 Å². The van der Waals surface area contributed by atoms with E-state index in [4.69, 9.17) is 0 Å². The summed E-state index contributed by atoms with van der Waals surface area (Å²) in [4.78, 5) is 0. The summed E-state index contributed by atoms with van der Waals surface area (Å²) in [7, 11) is 0.545. The molecule has 0 aromatic heterocycles. The molecule has 2 saturated heterocycles. The Labute approximate surface area is 155 Å². The van der Waals surface area contributed by atoms with E-state index in [2.05, 4.69) is 55.4 Å². The van der Waals surface area contributed by atoms with E-state index in [9.17, 15) is 0 Å². The van der Waals surface area contributed by atoms with E-state index < -0.39 is 0 Å². The maximum absolute atomic E-state index is 2.50. The molecule has 0 aliphatic carbocycles. The summed E-state index contributed by atoms with van der Waals surface area (Å²) < 4.78 is 0. The molecule has 0 N–H and O–H groups in total. The Morgan fingerprint density at radius 3 is 0.875 bits per heavy atom. The van der Waals surface area contributed by atoms with Crippen LogP contribution < -0.4 is 0 Å². The monoisotopic (exact) mass is 370 g/mol. The molecule has 0 spiro atoms. The standard InChI is InChI=1S/C22H44P2/c1-15(2)19-9-10-20(16(3)4)23(19)13-14-24-21(17(5)6)11-12-22(24)18(7)8/h15-22H,9-14H2,1-8H3/t19-,20-,21-,22-/m1/s1. The first-order valence-electron chi connectivity index (χ1n) is 10.8. The summed E-state index contributed by atoms with van der Waals surface area (Å²) in [6.45, 7) is 20.0. The van der Waals surface area contributed by atoms with Crippen molar-refractivity contribution in [2.45, 2.75) is 104 Å². The van der Waals surface area contributed by atoms with Gasteiger partial charge in [0.15, 0.2) is 0 Å². The Hall–Kier alpha value is 0.860. The molecule has 2 aliphatic rings. The SMILES string of the molecule is CC(C)[C@H]1CC[C@H](C(C)C)P1CCP1[C@@H](C(C)C)CC[C@@H]1C(C)C. The van der Waals surface area contributed by atoms with Gasteiger partial charge in [0.25, 0.3) is 0 Å². The molecule has 2 fully saturated rings. The second-order valence-corrected chi connectivity index (χ2v) is 15.5. The zero-order valence-corrected chi connectivity index (χ0v) is 19.5. The molecule has 0 nitrogen and oxygen atoms in total. The third-order valence-electron chi connectivity index (χ3n) is 6.91. The van der Waals surface area contributed by atoms with Crippen LogP contribution in [0.3, 0.4) is 0 Å². The quantitative estimate of drug-likeness (QED) is 0.404. The Balaban J connectivity index is 2.07. The van der Waals surface area contributed by atoms with Crippen molar-refractivity contribution in [2.24, 2.45) is 23.7 Å². The van der Waals surface area contributed by atoms with Crippen LogP contribution in [0.4, 0.5) is 0 Å². The van der Waals surface area contributed by atoms with Crippen molar-refractivity contribution in [1.82, 2.24) is 0 Å². The fraction of sp³-hybridized carbons (Fsp3) is 1.00. The summed E-state index contributed by atoms with van der Waals surface area (Å²) in [5.74, 6) is 3.66. The van der Waals surface area contributed by atoms with E-state index in [0.29, 0.717) is 0 Å². The predicted molar refractivity (Wildman–Crippen MR) is 117 cm³/mol. The van der Waals surface area contributed by atoms with Crippen LogP contribution in [0.2, 0.25) is 0 Å². The van der Waals surface area contributed by atoms with Gasteiger partial charge >= 0.3 is 0 Å². The third-order valence-corrected chi connectivity index (χ3v) is 15.6. The van der Waals surface area contributed by atoms with Gasteiger partial charge in [-0.1, -0.05) is 71.2 Å². The van der Waals surface area contributed by atoms with Gasteiger partial charge in [0.05, 0.1) is 0 Å². The van der Waals surface area contributed by atoms with Gasteiger partial charge in [-0.25, -0.2) is 0 Å². The van der Waals surface area contributed by atoms with Crippen molar-refractivity contribution in [3.63, 3.8) is 0 Å². The minimum Gasteiger partial charge on any atom is -0.0995 e. The van der Waals surface area contributed by atoms with Crippen LogP contribution in [0.1, 0.15) is 81.1 Å². The topological polar surface area (TPSA) is 0 Å². The normalized spacial score (nSPS) is 33.0. The van der Waals surface area contributed by atoms with Crippen LogP contribution in [-0.4, -0.2) is 35.0 Å². The molecule has 0 amide bonds. The highest BCUT2D eigenvalue weighted by atomic mass is 31.1. The van der Waals surface area contributed by atoms with Crippen molar-refractivity contribution >= 4 is 15.8 Å². The summed E-state index contributed by atoms with van der Waals surface area (Å²) in [6, 6.07) is 0. The van der Waals surface area contributed by atoms with Crippen LogP contribution in [0.25, 0.3) is 0 Å². The maximum Gasteiger partial charge on any atom is -0.0183 e. The second-order valence-electron chi connectivity index (χ2n) is 9.88. The Bertz CT molecular complexity index is 306. The maximum atomic E-state index is 2.50. The van der Waals surface area contributed by atoms with Crippen LogP contribution in [-0.2, 0) is 0 Å². The smallest absolute Gasteiger partial charge is 0.0183 e. The Kier molecular flexibility index (Phi) is 8.09. The Morgan fingerprint density at radius 1 is 0.500 bits per heavy atom. The first-order valence-corrected chi connectivity index (χ1v) is 14.1. The van der Waals surface area contributed by atoms with Gasteiger partial charge in [-0.3, -0.25) is 0 Å². The van der Waals surface area contributed by atoms with Crippen LogP contribution >= 0.6 is 15.8 Å².